The van der Waals surface area contributed by atoms with Gasteiger partial charge in [0, 0.05) is 17.6 Å². The Morgan fingerprint density at radius 3 is 2.36 bits per heavy atom. The molecule has 0 radical (unpaired) electrons. The molecule has 36 heavy (non-hydrogen) atoms. The van der Waals surface area contributed by atoms with E-state index in [1.807, 2.05) is 6.92 Å². The molecule has 1 aromatic heterocycles. The molecule has 2 N–H and O–H groups in total. The van der Waals surface area contributed by atoms with Crippen molar-refractivity contribution in [3.05, 3.63) is 64.7 Å². The number of sulfone groups is 1. The van der Waals surface area contributed by atoms with Crippen molar-refractivity contribution < 1.29 is 26.0 Å². The van der Waals surface area contributed by atoms with Crippen molar-refractivity contribution >= 4 is 26.9 Å². The van der Waals surface area contributed by atoms with Crippen LogP contribution >= 0.6 is 0 Å². The maximum absolute atomic E-state index is 14.8. The van der Waals surface area contributed by atoms with E-state index >= 15 is 0 Å². The molecule has 1 heterocycles. The predicted molar refractivity (Wildman–Crippen MR) is 134 cm³/mol. The standard InChI is InChI=1S/C26H31F4N3O2S/c1-5-6-23(31)25(3,4)36(34,35)15-16(2)20-13-19(10-11-21(20)27)33-24(17-7-8-17)22-12-9-18(14-32-22)26(28,29)30/h9-14,16,31,33H,5-8,15H2,1-4H3. The van der Waals surface area contributed by atoms with Gasteiger partial charge in [0.25, 0.3) is 0 Å². The van der Waals surface area contributed by atoms with Gasteiger partial charge in [-0.1, -0.05) is 20.3 Å². The minimum absolute atomic E-state index is 0.123. The van der Waals surface area contributed by atoms with E-state index < -0.39 is 38.1 Å². The van der Waals surface area contributed by atoms with Crippen molar-refractivity contribution in [3.8, 4) is 0 Å². The first-order chi connectivity index (χ1) is 16.7. The Kier molecular flexibility index (Phi) is 7.98. The summed E-state index contributed by atoms with van der Waals surface area (Å²) in [6, 6.07) is 6.51. The van der Waals surface area contributed by atoms with Crippen molar-refractivity contribution in [1.82, 2.24) is 4.98 Å². The Morgan fingerprint density at radius 1 is 1.17 bits per heavy atom. The highest BCUT2D eigenvalue weighted by molar-refractivity contribution is 7.93. The number of rotatable bonds is 10. The highest BCUT2D eigenvalue weighted by atomic mass is 32.2. The summed E-state index contributed by atoms with van der Waals surface area (Å²) in [6.07, 6.45) is -1.15. The van der Waals surface area contributed by atoms with Gasteiger partial charge in [0.2, 0.25) is 0 Å². The maximum atomic E-state index is 14.8. The number of nitrogens with zero attached hydrogens (tertiary/aromatic N) is 1. The van der Waals surface area contributed by atoms with Gasteiger partial charge in [-0.2, -0.15) is 13.2 Å². The molecule has 0 saturated heterocycles. The number of halogens is 4. The van der Waals surface area contributed by atoms with Crippen LogP contribution in [0.1, 0.15) is 76.1 Å². The van der Waals surface area contributed by atoms with Crippen LogP contribution < -0.4 is 5.32 Å². The summed E-state index contributed by atoms with van der Waals surface area (Å²) in [6.45, 7) is 6.51. The number of allylic oxidation sites excluding steroid dienone is 1. The van der Waals surface area contributed by atoms with Crippen molar-refractivity contribution in [3.63, 3.8) is 0 Å². The average Bonchev–Trinajstić information content (AvgIpc) is 3.63. The molecule has 1 saturated carbocycles. The van der Waals surface area contributed by atoms with Crippen LogP contribution in [0.3, 0.4) is 0 Å². The van der Waals surface area contributed by atoms with Gasteiger partial charge in [-0.05, 0) is 80.5 Å². The Morgan fingerprint density at radius 2 is 1.83 bits per heavy atom. The van der Waals surface area contributed by atoms with Crippen LogP contribution in [-0.2, 0) is 16.0 Å². The van der Waals surface area contributed by atoms with Crippen LogP contribution in [0.15, 0.2) is 42.1 Å². The Balaban J connectivity index is 1.85. The van der Waals surface area contributed by atoms with Crippen molar-refractivity contribution in [2.45, 2.75) is 70.2 Å². The quantitative estimate of drug-likeness (QED) is 0.259. The number of benzene rings is 1. The second-order valence-electron chi connectivity index (χ2n) is 9.69. The van der Waals surface area contributed by atoms with Gasteiger partial charge in [0.1, 0.15) is 10.6 Å². The van der Waals surface area contributed by atoms with Crippen LogP contribution in [0.4, 0.5) is 23.2 Å². The number of hydrogen-bond acceptors (Lipinski definition) is 5. The van der Waals surface area contributed by atoms with Crippen LogP contribution in [0.2, 0.25) is 0 Å². The molecule has 1 fully saturated rings. The highest BCUT2D eigenvalue weighted by Crippen LogP contribution is 2.38. The largest absolute Gasteiger partial charge is 0.417 e. The van der Waals surface area contributed by atoms with E-state index in [2.05, 4.69) is 10.3 Å². The zero-order chi connectivity index (χ0) is 26.9. The van der Waals surface area contributed by atoms with Crippen molar-refractivity contribution in [1.29, 1.82) is 5.41 Å². The van der Waals surface area contributed by atoms with Crippen LogP contribution in [-0.4, -0.2) is 29.6 Å². The molecule has 0 aliphatic heterocycles. The van der Waals surface area contributed by atoms with E-state index in [9.17, 15) is 26.0 Å². The van der Waals surface area contributed by atoms with Crippen LogP contribution in [0.25, 0.3) is 5.70 Å². The van der Waals surface area contributed by atoms with Crippen molar-refractivity contribution in [2.24, 2.45) is 0 Å². The molecule has 2 aromatic rings. The summed E-state index contributed by atoms with van der Waals surface area (Å²) >= 11 is 0. The first-order valence-electron chi connectivity index (χ1n) is 11.8. The third kappa shape index (κ3) is 6.14. The second kappa shape index (κ2) is 10.3. The fourth-order valence-corrected chi connectivity index (χ4v) is 5.60. The minimum atomic E-state index is -4.49. The van der Waals surface area contributed by atoms with E-state index in [0.717, 1.165) is 30.7 Å². The summed E-state index contributed by atoms with van der Waals surface area (Å²) in [4.78, 5) is 3.97. The smallest absolute Gasteiger partial charge is 0.354 e. The first kappa shape index (κ1) is 27.8. The fourth-order valence-electron chi connectivity index (χ4n) is 3.86. The van der Waals surface area contributed by atoms with Gasteiger partial charge in [-0.15, -0.1) is 0 Å². The number of alkyl halides is 3. The van der Waals surface area contributed by atoms with Crippen LogP contribution in [0.5, 0.6) is 0 Å². The van der Waals surface area contributed by atoms with Crippen molar-refractivity contribution in [2.75, 3.05) is 11.1 Å². The molecule has 10 heteroatoms. The van der Waals surface area contributed by atoms with Gasteiger partial charge in [-0.3, -0.25) is 4.98 Å². The first-order valence-corrected chi connectivity index (χ1v) is 13.4. The van der Waals surface area contributed by atoms with Gasteiger partial charge >= 0.3 is 6.18 Å². The SMILES string of the molecule is CCCC(=N)C(C)(C)S(=O)(=O)CC(C)c1cc(NC(=C2CC2)c2ccc(C(F)(F)F)cn2)ccc1F. The molecule has 1 aliphatic carbocycles. The Hall–Kier alpha value is -2.75. The summed E-state index contributed by atoms with van der Waals surface area (Å²) in [5, 5.41) is 11.3. The van der Waals surface area contributed by atoms with Gasteiger partial charge in [0.15, 0.2) is 9.84 Å². The molecule has 0 spiro atoms. The Bertz CT molecular complexity index is 1260. The lowest BCUT2D eigenvalue weighted by atomic mass is 10.0. The fraction of sp³-hybridized carbons (Fsp3) is 0.462. The number of hydrogen-bond donors (Lipinski definition) is 2. The molecular weight excluding hydrogens is 494 g/mol. The lowest BCUT2D eigenvalue weighted by Crippen LogP contribution is -2.42. The second-order valence-corrected chi connectivity index (χ2v) is 12.3. The van der Waals surface area contributed by atoms with E-state index in [0.29, 0.717) is 29.9 Å². The number of pyridine rings is 1. The monoisotopic (exact) mass is 525 g/mol. The molecule has 1 aromatic carbocycles. The third-order valence-electron chi connectivity index (χ3n) is 6.47. The lowest BCUT2D eigenvalue weighted by Gasteiger charge is -2.27. The maximum Gasteiger partial charge on any atom is 0.417 e. The normalized spacial score (nSPS) is 14.9. The molecule has 1 atom stereocenters. The average molecular weight is 526 g/mol. The number of aromatic nitrogens is 1. The number of nitrogens with one attached hydrogen (secondary N) is 2. The highest BCUT2D eigenvalue weighted by Gasteiger charge is 2.39. The van der Waals surface area contributed by atoms with Gasteiger partial charge in [0.05, 0.1) is 22.7 Å². The topological polar surface area (TPSA) is 82.9 Å². The summed E-state index contributed by atoms with van der Waals surface area (Å²) in [7, 11) is -3.77. The molecule has 5 nitrogen and oxygen atoms in total. The molecule has 196 valence electrons. The molecule has 3 rings (SSSR count). The molecule has 0 amide bonds. The molecule has 1 unspecified atom stereocenters. The van der Waals surface area contributed by atoms with Crippen LogP contribution in [0, 0.1) is 11.2 Å². The summed E-state index contributed by atoms with van der Waals surface area (Å²) < 4.78 is 78.4. The zero-order valence-corrected chi connectivity index (χ0v) is 21.6. The van der Waals surface area contributed by atoms with E-state index in [1.54, 1.807) is 6.92 Å². The summed E-state index contributed by atoms with van der Waals surface area (Å²) in [5.41, 5.74) is 1.84. The minimum Gasteiger partial charge on any atom is -0.354 e. The Labute approximate surface area is 209 Å². The predicted octanol–water partition coefficient (Wildman–Crippen LogP) is 6.97. The number of anilines is 1. The van der Waals surface area contributed by atoms with E-state index in [1.165, 1.54) is 38.1 Å². The molecule has 1 aliphatic rings. The van der Waals surface area contributed by atoms with E-state index in [4.69, 9.17) is 5.41 Å². The molecule has 0 bridgehead atoms. The zero-order valence-electron chi connectivity index (χ0n) is 20.8. The van der Waals surface area contributed by atoms with Gasteiger partial charge in [-0.25, -0.2) is 12.8 Å². The van der Waals surface area contributed by atoms with E-state index in [-0.39, 0.29) is 17.0 Å². The van der Waals surface area contributed by atoms with Gasteiger partial charge < -0.3 is 10.7 Å². The third-order valence-corrected chi connectivity index (χ3v) is 9.21. The molecular formula is C26H31F4N3O2S. The summed E-state index contributed by atoms with van der Waals surface area (Å²) in [5.74, 6) is -1.58. The lowest BCUT2D eigenvalue weighted by molar-refractivity contribution is -0.137.